The summed E-state index contributed by atoms with van der Waals surface area (Å²) in [6.07, 6.45) is -5.52. The standard InChI is InChI=1S/C31H34F3NO3/c1-18-7-11-22(12-8-18)26-19(2)24-16-35(15-21-9-13-23(14-10-21)31(32,33)34)17-25(24)20(3)27(26)28(29(36)37)38-30(4,5)6/h7-14,28H,15-17H2,1-6H3,(H,36,37)/t28-/m0/s1. The van der Waals surface area contributed by atoms with Crippen molar-refractivity contribution in [1.29, 1.82) is 0 Å². The highest BCUT2D eigenvalue weighted by Gasteiger charge is 2.36. The van der Waals surface area contributed by atoms with Gasteiger partial charge in [-0.15, -0.1) is 0 Å². The summed E-state index contributed by atoms with van der Waals surface area (Å²) < 4.78 is 45.1. The van der Waals surface area contributed by atoms with Crippen molar-refractivity contribution in [2.45, 2.75) is 79.1 Å². The van der Waals surface area contributed by atoms with Crippen molar-refractivity contribution in [3.8, 4) is 11.1 Å². The first-order chi connectivity index (χ1) is 17.7. The largest absolute Gasteiger partial charge is 0.479 e. The van der Waals surface area contributed by atoms with E-state index in [0.29, 0.717) is 25.2 Å². The van der Waals surface area contributed by atoms with Crippen molar-refractivity contribution in [2.24, 2.45) is 0 Å². The molecule has 0 unspecified atom stereocenters. The average Bonchev–Trinajstić information content (AvgIpc) is 3.24. The topological polar surface area (TPSA) is 49.8 Å². The Morgan fingerprint density at radius 2 is 1.47 bits per heavy atom. The second kappa shape index (κ2) is 10.2. The Kier molecular flexibility index (Phi) is 7.47. The molecule has 7 heteroatoms. The molecule has 0 aliphatic carbocycles. The van der Waals surface area contributed by atoms with E-state index >= 15 is 0 Å². The zero-order valence-electron chi connectivity index (χ0n) is 22.7. The molecule has 0 fully saturated rings. The quantitative estimate of drug-likeness (QED) is 0.357. The summed E-state index contributed by atoms with van der Waals surface area (Å²) in [6, 6.07) is 13.3. The number of aryl methyl sites for hydroxylation is 1. The number of hydrogen-bond acceptors (Lipinski definition) is 3. The number of fused-ring (bicyclic) bond motifs is 1. The molecule has 202 valence electrons. The first-order valence-corrected chi connectivity index (χ1v) is 12.7. The van der Waals surface area contributed by atoms with Crippen molar-refractivity contribution in [1.82, 2.24) is 4.90 Å². The number of rotatable bonds is 6. The van der Waals surface area contributed by atoms with E-state index in [0.717, 1.165) is 56.6 Å². The van der Waals surface area contributed by atoms with Crippen molar-refractivity contribution in [3.63, 3.8) is 0 Å². The zero-order valence-corrected chi connectivity index (χ0v) is 22.7. The van der Waals surface area contributed by atoms with Gasteiger partial charge >= 0.3 is 12.1 Å². The van der Waals surface area contributed by atoms with E-state index in [-0.39, 0.29) is 0 Å². The molecule has 0 saturated carbocycles. The van der Waals surface area contributed by atoms with Crippen LogP contribution in [0.25, 0.3) is 11.1 Å². The maximum absolute atomic E-state index is 13.0. The van der Waals surface area contributed by atoms with Gasteiger partial charge in [0.2, 0.25) is 0 Å². The second-order valence-electron chi connectivity index (χ2n) is 11.2. The summed E-state index contributed by atoms with van der Waals surface area (Å²) in [6.45, 7) is 13.2. The molecule has 1 aliphatic rings. The molecule has 3 aromatic carbocycles. The van der Waals surface area contributed by atoms with Crippen molar-refractivity contribution in [2.75, 3.05) is 0 Å². The number of ether oxygens (including phenoxy) is 1. The van der Waals surface area contributed by atoms with Gasteiger partial charge in [-0.2, -0.15) is 13.2 Å². The number of nitrogens with zero attached hydrogens (tertiary/aromatic N) is 1. The van der Waals surface area contributed by atoms with E-state index in [4.69, 9.17) is 4.74 Å². The van der Waals surface area contributed by atoms with Crippen molar-refractivity contribution in [3.05, 3.63) is 93.0 Å². The van der Waals surface area contributed by atoms with Gasteiger partial charge in [-0.3, -0.25) is 4.90 Å². The van der Waals surface area contributed by atoms with Crippen molar-refractivity contribution >= 4 is 5.97 Å². The second-order valence-corrected chi connectivity index (χ2v) is 11.2. The van der Waals surface area contributed by atoms with E-state index in [1.54, 1.807) is 0 Å². The van der Waals surface area contributed by atoms with E-state index in [1.807, 2.05) is 65.8 Å². The minimum absolute atomic E-state index is 0.488. The van der Waals surface area contributed by atoms with Gasteiger partial charge in [-0.05, 0) is 92.6 Å². The van der Waals surface area contributed by atoms with Crippen LogP contribution < -0.4 is 0 Å². The van der Waals surface area contributed by atoms with Crippen molar-refractivity contribution < 1.29 is 27.8 Å². The fourth-order valence-electron chi connectivity index (χ4n) is 5.26. The summed E-state index contributed by atoms with van der Waals surface area (Å²) in [7, 11) is 0. The molecule has 0 amide bonds. The zero-order chi connectivity index (χ0) is 28.0. The molecule has 0 spiro atoms. The van der Waals surface area contributed by atoms with Gasteiger partial charge in [0.25, 0.3) is 0 Å². The molecule has 4 nitrogen and oxygen atoms in total. The van der Waals surface area contributed by atoms with Gasteiger partial charge in [-0.1, -0.05) is 42.0 Å². The first-order valence-electron chi connectivity index (χ1n) is 12.7. The van der Waals surface area contributed by atoms with E-state index in [2.05, 4.69) is 4.90 Å². The highest BCUT2D eigenvalue weighted by atomic mass is 19.4. The number of benzene rings is 3. The maximum Gasteiger partial charge on any atom is 0.416 e. The molecule has 0 aromatic heterocycles. The predicted octanol–water partition coefficient (Wildman–Crippen LogP) is 7.75. The number of halogens is 3. The maximum atomic E-state index is 13.0. The van der Waals surface area contributed by atoms with Gasteiger partial charge in [-0.25, -0.2) is 4.79 Å². The normalized spacial score (nSPS) is 15.0. The first kappa shape index (κ1) is 27.9. The van der Waals surface area contributed by atoms with Gasteiger partial charge in [0.1, 0.15) is 0 Å². The lowest BCUT2D eigenvalue weighted by Gasteiger charge is -2.30. The summed E-state index contributed by atoms with van der Waals surface area (Å²) in [4.78, 5) is 14.7. The molecule has 1 aliphatic heterocycles. The summed E-state index contributed by atoms with van der Waals surface area (Å²) >= 11 is 0. The number of carboxylic acids is 1. The van der Waals surface area contributed by atoms with E-state index < -0.39 is 29.4 Å². The third kappa shape index (κ3) is 5.79. The van der Waals surface area contributed by atoms with Crippen LogP contribution in [0.4, 0.5) is 13.2 Å². The summed E-state index contributed by atoms with van der Waals surface area (Å²) in [5, 5.41) is 10.3. The molecule has 3 aromatic rings. The molecule has 1 atom stereocenters. The Morgan fingerprint density at radius 3 is 1.97 bits per heavy atom. The molecule has 1 N–H and O–H groups in total. The third-order valence-electron chi connectivity index (χ3n) is 7.07. The van der Waals surface area contributed by atoms with Crippen LogP contribution in [0.15, 0.2) is 48.5 Å². The van der Waals surface area contributed by atoms with Crippen LogP contribution in [0.3, 0.4) is 0 Å². The van der Waals surface area contributed by atoms with Crippen LogP contribution in [-0.2, 0) is 35.3 Å². The lowest BCUT2D eigenvalue weighted by Crippen LogP contribution is -2.28. The minimum atomic E-state index is -4.37. The number of aliphatic carboxylic acids is 1. The Balaban J connectivity index is 1.78. The highest BCUT2D eigenvalue weighted by molar-refractivity contribution is 5.84. The summed E-state index contributed by atoms with van der Waals surface area (Å²) in [5.74, 6) is -1.05. The number of carboxylic acid groups (broad SMARTS) is 1. The van der Waals surface area contributed by atoms with E-state index in [1.165, 1.54) is 12.1 Å². The SMILES string of the molecule is Cc1ccc(-c2c(C)c3c(c(C)c2[C@H](OC(C)(C)C)C(=O)O)CN(Cc2ccc(C(F)(F)F)cc2)C3)cc1. The van der Waals surface area contributed by atoms with Crippen LogP contribution in [0, 0.1) is 20.8 Å². The Labute approximate surface area is 222 Å². The third-order valence-corrected chi connectivity index (χ3v) is 7.07. The Hall–Kier alpha value is -3.16. The molecule has 1 heterocycles. The van der Waals surface area contributed by atoms with Crippen LogP contribution in [0.5, 0.6) is 0 Å². The van der Waals surface area contributed by atoms with Gasteiger partial charge in [0.15, 0.2) is 6.10 Å². The van der Waals surface area contributed by atoms with Crippen LogP contribution in [-0.4, -0.2) is 21.6 Å². The molecule has 4 rings (SSSR count). The smallest absolute Gasteiger partial charge is 0.416 e. The highest BCUT2D eigenvalue weighted by Crippen LogP contribution is 2.44. The average molecular weight is 526 g/mol. The van der Waals surface area contributed by atoms with Gasteiger partial charge in [0, 0.05) is 25.2 Å². The molecule has 0 radical (unpaired) electrons. The molecule has 38 heavy (non-hydrogen) atoms. The van der Waals surface area contributed by atoms with E-state index in [9.17, 15) is 23.1 Å². The Morgan fingerprint density at radius 1 is 0.921 bits per heavy atom. The molecule has 0 saturated heterocycles. The molecule has 0 bridgehead atoms. The van der Waals surface area contributed by atoms with Gasteiger partial charge < -0.3 is 9.84 Å². The monoisotopic (exact) mass is 525 g/mol. The fourth-order valence-corrected chi connectivity index (χ4v) is 5.26. The van der Waals surface area contributed by atoms with Crippen LogP contribution in [0.1, 0.15) is 71.4 Å². The lowest BCUT2D eigenvalue weighted by molar-refractivity contribution is -0.160. The molecular weight excluding hydrogens is 491 g/mol. The summed E-state index contributed by atoms with van der Waals surface area (Å²) in [5.41, 5.74) is 7.09. The van der Waals surface area contributed by atoms with Gasteiger partial charge in [0.05, 0.1) is 11.2 Å². The number of alkyl halides is 3. The lowest BCUT2D eigenvalue weighted by atomic mass is 9.83. The van der Waals surface area contributed by atoms with Crippen LogP contribution in [0.2, 0.25) is 0 Å². The van der Waals surface area contributed by atoms with Crippen LogP contribution >= 0.6 is 0 Å². The molecular formula is C31H34F3NO3. The number of hydrogen-bond donors (Lipinski definition) is 1. The fraction of sp³-hybridized carbons (Fsp3) is 0.387. The Bertz CT molecular complexity index is 1340. The minimum Gasteiger partial charge on any atom is -0.479 e. The number of carbonyl (C=O) groups is 1. The predicted molar refractivity (Wildman–Crippen MR) is 142 cm³/mol.